The lowest BCUT2D eigenvalue weighted by Crippen LogP contribution is -2.20. The van der Waals surface area contributed by atoms with Gasteiger partial charge in [0.05, 0.1) is 28.2 Å². The zero-order valence-electron chi connectivity index (χ0n) is 19.2. The lowest BCUT2D eigenvalue weighted by molar-refractivity contribution is -0.384. The van der Waals surface area contributed by atoms with Gasteiger partial charge in [-0.15, -0.1) is 0 Å². The number of nitro groups is 1. The normalized spacial score (nSPS) is 12.3. The van der Waals surface area contributed by atoms with E-state index in [1.807, 2.05) is 12.1 Å². The van der Waals surface area contributed by atoms with E-state index < -0.39 is 4.92 Å². The minimum absolute atomic E-state index is 0.0212. The second kappa shape index (κ2) is 11.7. The third-order valence-electron chi connectivity index (χ3n) is 5.16. The summed E-state index contributed by atoms with van der Waals surface area (Å²) < 4.78 is 23.2. The van der Waals surface area contributed by atoms with E-state index in [1.165, 1.54) is 25.5 Å². The number of nitrogens with one attached hydrogen (secondary N) is 1. The second-order valence-electron chi connectivity index (χ2n) is 7.69. The third kappa shape index (κ3) is 6.42. The molecule has 3 aromatic rings. The van der Waals surface area contributed by atoms with Crippen molar-refractivity contribution in [3.63, 3.8) is 0 Å². The number of amides is 1. The van der Waals surface area contributed by atoms with Crippen molar-refractivity contribution in [3.8, 4) is 23.0 Å². The quantitative estimate of drug-likeness (QED) is 0.168. The van der Waals surface area contributed by atoms with Gasteiger partial charge in [-0.05, 0) is 75.7 Å². The van der Waals surface area contributed by atoms with Crippen molar-refractivity contribution in [1.82, 2.24) is 5.43 Å². The van der Waals surface area contributed by atoms with Gasteiger partial charge in [0.15, 0.2) is 23.0 Å². The molecule has 3 aromatic carbocycles. The topological polar surface area (TPSA) is 122 Å². The molecule has 4 rings (SSSR count). The van der Waals surface area contributed by atoms with Crippen LogP contribution in [0.3, 0.4) is 0 Å². The number of hydrogen-bond donors (Lipinski definition) is 1. The van der Waals surface area contributed by atoms with E-state index in [9.17, 15) is 14.9 Å². The van der Waals surface area contributed by atoms with Crippen molar-refractivity contribution >= 4 is 40.4 Å². The summed E-state index contributed by atoms with van der Waals surface area (Å²) in [5.74, 6) is 2.07. The monoisotopic (exact) mass is 603 g/mol. The van der Waals surface area contributed by atoms with Crippen LogP contribution < -0.4 is 24.4 Å². The van der Waals surface area contributed by atoms with Gasteiger partial charge in [-0.1, -0.05) is 6.07 Å². The Balaban J connectivity index is 1.35. The maximum Gasteiger partial charge on any atom is 0.269 e. The van der Waals surface area contributed by atoms with Crippen LogP contribution in [0, 0.1) is 13.7 Å². The molecule has 11 heteroatoms. The Morgan fingerprint density at radius 1 is 1.11 bits per heavy atom. The fraction of sp³-hybridized carbons (Fsp3) is 0.200. The number of carbonyl (C=O) groups is 1. The molecule has 0 spiro atoms. The van der Waals surface area contributed by atoms with E-state index in [-0.39, 0.29) is 24.6 Å². The molecule has 10 nitrogen and oxygen atoms in total. The van der Waals surface area contributed by atoms with Gasteiger partial charge in [0.2, 0.25) is 5.91 Å². The van der Waals surface area contributed by atoms with E-state index in [4.69, 9.17) is 18.9 Å². The molecule has 0 aliphatic carbocycles. The summed E-state index contributed by atoms with van der Waals surface area (Å²) in [4.78, 5) is 22.7. The lowest BCUT2D eigenvalue weighted by Gasteiger charge is -2.18. The van der Waals surface area contributed by atoms with Crippen molar-refractivity contribution in [2.75, 3.05) is 20.3 Å². The van der Waals surface area contributed by atoms with Crippen molar-refractivity contribution in [2.45, 2.75) is 13.0 Å². The number of fused-ring (bicyclic) bond motifs is 1. The molecule has 0 fully saturated rings. The first-order valence-corrected chi connectivity index (χ1v) is 11.9. The predicted molar refractivity (Wildman–Crippen MR) is 140 cm³/mol. The molecule has 0 saturated carbocycles. The first-order valence-electron chi connectivity index (χ1n) is 10.9. The number of benzene rings is 3. The van der Waals surface area contributed by atoms with Crippen molar-refractivity contribution in [2.24, 2.45) is 5.10 Å². The van der Waals surface area contributed by atoms with Gasteiger partial charge in [-0.25, -0.2) is 5.43 Å². The van der Waals surface area contributed by atoms with Crippen LogP contribution in [0.2, 0.25) is 0 Å². The van der Waals surface area contributed by atoms with Crippen molar-refractivity contribution < 1.29 is 28.7 Å². The van der Waals surface area contributed by atoms with Crippen LogP contribution in [0.15, 0.2) is 59.7 Å². The molecule has 186 valence electrons. The number of hydrogen-bond acceptors (Lipinski definition) is 8. The van der Waals surface area contributed by atoms with Gasteiger partial charge in [0.1, 0.15) is 19.8 Å². The Morgan fingerprint density at radius 3 is 2.56 bits per heavy atom. The molecule has 0 radical (unpaired) electrons. The Labute approximate surface area is 220 Å². The summed E-state index contributed by atoms with van der Waals surface area (Å²) in [6.45, 7) is 1.21. The summed E-state index contributed by atoms with van der Waals surface area (Å²) in [6.07, 6.45) is 1.66. The fourth-order valence-electron chi connectivity index (χ4n) is 3.43. The summed E-state index contributed by atoms with van der Waals surface area (Å²) in [7, 11) is 1.53. The highest BCUT2D eigenvalue weighted by Crippen LogP contribution is 2.34. The average Bonchev–Trinajstić information content (AvgIpc) is 2.88. The maximum atomic E-state index is 12.3. The summed E-state index contributed by atoms with van der Waals surface area (Å²) in [6, 6.07) is 15.1. The number of nitrogens with zero attached hydrogens (tertiary/aromatic N) is 2. The van der Waals surface area contributed by atoms with Crippen LogP contribution in [-0.4, -0.2) is 37.4 Å². The Kier molecular flexibility index (Phi) is 8.21. The number of halogens is 1. The highest BCUT2D eigenvalue weighted by molar-refractivity contribution is 14.1. The molecule has 1 amide bonds. The number of ether oxygens (including phenoxy) is 4. The van der Waals surface area contributed by atoms with E-state index in [0.717, 1.165) is 14.7 Å². The molecule has 0 bridgehead atoms. The second-order valence-corrected chi connectivity index (χ2v) is 8.86. The standard InChI is InChI=1S/C25H22IN3O7/c1-33-23-12-18(10-20(26)25(23)36-15-16-2-5-19(6-3-16)29(31)32)14-27-28-24(30)13-17-4-7-21-22(11-17)35-9-8-34-21/h2-7,10-12,14H,8-9,13,15H2,1H3,(H,28,30)/b27-14+. The van der Waals surface area contributed by atoms with Crippen LogP contribution >= 0.6 is 22.6 Å². The molecule has 1 N–H and O–H groups in total. The van der Waals surface area contributed by atoms with Crippen LogP contribution in [0.25, 0.3) is 0 Å². The van der Waals surface area contributed by atoms with Gasteiger partial charge in [0.25, 0.3) is 5.69 Å². The highest BCUT2D eigenvalue weighted by atomic mass is 127. The van der Waals surface area contributed by atoms with E-state index >= 15 is 0 Å². The summed E-state index contributed by atoms with van der Waals surface area (Å²) >= 11 is 2.12. The van der Waals surface area contributed by atoms with Gasteiger partial charge >= 0.3 is 0 Å². The molecule has 1 heterocycles. The molecule has 0 unspecified atom stereocenters. The van der Waals surface area contributed by atoms with Gasteiger partial charge < -0.3 is 18.9 Å². The largest absolute Gasteiger partial charge is 0.493 e. The van der Waals surface area contributed by atoms with E-state index in [2.05, 4.69) is 33.1 Å². The zero-order chi connectivity index (χ0) is 25.5. The minimum atomic E-state index is -0.447. The Hall–Kier alpha value is -3.87. The van der Waals surface area contributed by atoms with Crippen LogP contribution in [0.1, 0.15) is 16.7 Å². The minimum Gasteiger partial charge on any atom is -0.493 e. The third-order valence-corrected chi connectivity index (χ3v) is 5.96. The number of methoxy groups -OCH3 is 1. The number of non-ortho nitro benzene ring substituents is 1. The molecule has 0 atom stereocenters. The van der Waals surface area contributed by atoms with Crippen LogP contribution in [0.5, 0.6) is 23.0 Å². The predicted octanol–water partition coefficient (Wildman–Crippen LogP) is 4.25. The van der Waals surface area contributed by atoms with Gasteiger partial charge in [-0.3, -0.25) is 14.9 Å². The Bertz CT molecular complexity index is 1300. The molecular formula is C25H22IN3O7. The smallest absolute Gasteiger partial charge is 0.269 e. The van der Waals surface area contributed by atoms with Crippen LogP contribution in [0.4, 0.5) is 5.69 Å². The van der Waals surface area contributed by atoms with E-state index in [1.54, 1.807) is 30.3 Å². The zero-order valence-corrected chi connectivity index (χ0v) is 21.4. The number of rotatable bonds is 9. The number of hydrazone groups is 1. The lowest BCUT2D eigenvalue weighted by atomic mass is 10.1. The average molecular weight is 603 g/mol. The summed E-state index contributed by atoms with van der Waals surface area (Å²) in [5, 5.41) is 14.9. The number of nitro benzene ring substituents is 1. The van der Waals surface area contributed by atoms with Crippen LogP contribution in [-0.2, 0) is 17.8 Å². The van der Waals surface area contributed by atoms with Gasteiger partial charge in [0, 0.05) is 12.1 Å². The fourth-order valence-corrected chi connectivity index (χ4v) is 4.21. The first kappa shape index (κ1) is 25.2. The molecule has 36 heavy (non-hydrogen) atoms. The highest BCUT2D eigenvalue weighted by Gasteiger charge is 2.14. The molecule has 0 aromatic heterocycles. The molecule has 1 aliphatic rings. The molecular weight excluding hydrogens is 581 g/mol. The van der Waals surface area contributed by atoms with Crippen molar-refractivity contribution in [1.29, 1.82) is 0 Å². The maximum absolute atomic E-state index is 12.3. The number of carbonyl (C=O) groups excluding carboxylic acids is 1. The Morgan fingerprint density at radius 2 is 1.83 bits per heavy atom. The SMILES string of the molecule is COc1cc(/C=N/NC(=O)Cc2ccc3c(c2)OCCO3)cc(I)c1OCc1ccc([N+](=O)[O-])cc1. The summed E-state index contributed by atoms with van der Waals surface area (Å²) in [5.41, 5.74) is 4.83. The van der Waals surface area contributed by atoms with Gasteiger partial charge in [-0.2, -0.15) is 5.10 Å². The molecule has 1 aliphatic heterocycles. The van der Waals surface area contributed by atoms with E-state index in [0.29, 0.717) is 41.8 Å². The molecule has 0 saturated heterocycles. The first-order chi connectivity index (χ1) is 17.4. The van der Waals surface area contributed by atoms with Crippen molar-refractivity contribution in [3.05, 3.63) is 85.0 Å².